The molecule has 0 aliphatic heterocycles. The van der Waals surface area contributed by atoms with Crippen LogP contribution in [0, 0.1) is 6.92 Å². The highest BCUT2D eigenvalue weighted by Gasteiger charge is 2.05. The zero-order chi connectivity index (χ0) is 17.7. The van der Waals surface area contributed by atoms with Crippen molar-refractivity contribution >= 4 is 55.6 Å². The number of aromatic hydroxyl groups is 1. The van der Waals surface area contributed by atoms with Crippen LogP contribution in [0.1, 0.15) is 11.1 Å². The summed E-state index contributed by atoms with van der Waals surface area (Å²) in [6.45, 7) is 1.68. The van der Waals surface area contributed by atoms with Crippen LogP contribution in [0.4, 0.5) is 0 Å². The van der Waals surface area contributed by atoms with Gasteiger partial charge in [-0.2, -0.15) is 5.10 Å². The summed E-state index contributed by atoms with van der Waals surface area (Å²) in [4.78, 5) is 11.7. The first-order valence-electron chi connectivity index (χ1n) is 6.75. The summed E-state index contributed by atoms with van der Waals surface area (Å²) in [5.41, 5.74) is 3.84. The second-order valence-corrected chi connectivity index (χ2v) is 6.93. The lowest BCUT2D eigenvalue weighted by Crippen LogP contribution is -2.24. The lowest BCUT2D eigenvalue weighted by Gasteiger charge is -2.06. The highest BCUT2D eigenvalue weighted by Crippen LogP contribution is 2.29. The molecule has 0 saturated heterocycles. The summed E-state index contributed by atoms with van der Waals surface area (Å²) < 4.78 is 6.64. The van der Waals surface area contributed by atoms with Gasteiger partial charge in [0.2, 0.25) is 0 Å². The summed E-state index contributed by atoms with van der Waals surface area (Å²) in [5, 5.41) is 14.1. The highest BCUT2D eigenvalue weighted by molar-refractivity contribution is 9.11. The topological polar surface area (TPSA) is 70.9 Å². The molecule has 2 rings (SSSR count). The quantitative estimate of drug-likeness (QED) is 0.496. The van der Waals surface area contributed by atoms with Gasteiger partial charge in [-0.1, -0.05) is 27.5 Å². The van der Waals surface area contributed by atoms with E-state index >= 15 is 0 Å². The molecule has 8 heteroatoms. The molecule has 0 aliphatic carbocycles. The van der Waals surface area contributed by atoms with Crippen LogP contribution in [0.5, 0.6) is 11.5 Å². The molecule has 0 radical (unpaired) electrons. The van der Waals surface area contributed by atoms with E-state index in [0.29, 0.717) is 20.8 Å². The molecular formula is C16H13Br2ClN2O3. The van der Waals surface area contributed by atoms with Crippen molar-refractivity contribution in [2.24, 2.45) is 5.10 Å². The molecule has 0 aliphatic rings. The third-order valence-corrected chi connectivity index (χ3v) is 4.70. The number of nitrogens with zero attached hydrogens (tertiary/aromatic N) is 1. The summed E-state index contributed by atoms with van der Waals surface area (Å²) in [6.07, 6.45) is 1.42. The molecule has 2 aromatic rings. The number of ether oxygens (including phenoxy) is 1. The third-order valence-electron chi connectivity index (χ3n) is 2.96. The number of benzene rings is 2. The van der Waals surface area contributed by atoms with Crippen LogP contribution in [0.25, 0.3) is 0 Å². The number of rotatable bonds is 5. The Kier molecular flexibility index (Phi) is 6.65. The molecule has 5 nitrogen and oxygen atoms in total. The Labute approximate surface area is 160 Å². The second kappa shape index (κ2) is 8.50. The normalized spacial score (nSPS) is 10.8. The predicted octanol–water partition coefficient (Wildman–Crippen LogP) is 4.41. The Morgan fingerprint density at radius 3 is 2.79 bits per heavy atom. The number of phenols is 1. The minimum atomic E-state index is -0.406. The summed E-state index contributed by atoms with van der Waals surface area (Å²) in [5.74, 6) is 0.223. The Balaban J connectivity index is 1.89. The van der Waals surface area contributed by atoms with Crippen molar-refractivity contribution in [3.05, 3.63) is 55.4 Å². The van der Waals surface area contributed by atoms with Gasteiger partial charge in [0.25, 0.3) is 5.91 Å². The molecule has 0 unspecified atom stereocenters. The minimum absolute atomic E-state index is 0.0763. The summed E-state index contributed by atoms with van der Waals surface area (Å²) in [6, 6.07) is 8.34. The van der Waals surface area contributed by atoms with Gasteiger partial charge in [0.1, 0.15) is 11.5 Å². The Bertz CT molecular complexity index is 797. The molecular weight excluding hydrogens is 463 g/mol. The fraction of sp³-hybridized carbons (Fsp3) is 0.125. The highest BCUT2D eigenvalue weighted by atomic mass is 79.9. The smallest absolute Gasteiger partial charge is 0.277 e. The number of amides is 1. The fourth-order valence-electron chi connectivity index (χ4n) is 1.71. The number of halogens is 3. The van der Waals surface area contributed by atoms with Crippen molar-refractivity contribution in [1.82, 2.24) is 5.43 Å². The average Bonchev–Trinajstić information content (AvgIpc) is 2.53. The van der Waals surface area contributed by atoms with E-state index in [1.165, 1.54) is 12.3 Å². The second-order valence-electron chi connectivity index (χ2n) is 4.82. The molecule has 24 heavy (non-hydrogen) atoms. The number of hydrogen-bond donors (Lipinski definition) is 2. The van der Waals surface area contributed by atoms with E-state index in [9.17, 15) is 9.90 Å². The van der Waals surface area contributed by atoms with Crippen LogP contribution < -0.4 is 10.2 Å². The maximum atomic E-state index is 11.7. The largest absolute Gasteiger partial charge is 0.507 e. The van der Waals surface area contributed by atoms with Crippen molar-refractivity contribution in [3.63, 3.8) is 0 Å². The van der Waals surface area contributed by atoms with Crippen LogP contribution in [0.15, 0.2) is 44.4 Å². The number of hydrazone groups is 1. The van der Waals surface area contributed by atoms with E-state index in [-0.39, 0.29) is 12.4 Å². The van der Waals surface area contributed by atoms with Crippen molar-refractivity contribution in [1.29, 1.82) is 0 Å². The van der Waals surface area contributed by atoms with Crippen molar-refractivity contribution < 1.29 is 14.6 Å². The van der Waals surface area contributed by atoms with Gasteiger partial charge in [0.05, 0.1) is 10.7 Å². The van der Waals surface area contributed by atoms with Crippen LogP contribution in [-0.4, -0.2) is 23.8 Å². The van der Waals surface area contributed by atoms with Gasteiger partial charge in [-0.15, -0.1) is 0 Å². The number of carbonyl (C=O) groups is 1. The van der Waals surface area contributed by atoms with Gasteiger partial charge < -0.3 is 9.84 Å². The van der Waals surface area contributed by atoms with Crippen LogP contribution >= 0.6 is 43.5 Å². The number of hydrogen-bond acceptors (Lipinski definition) is 4. The molecule has 2 N–H and O–H groups in total. The zero-order valence-electron chi connectivity index (χ0n) is 12.5. The maximum Gasteiger partial charge on any atom is 0.277 e. The first-order chi connectivity index (χ1) is 11.4. The van der Waals surface area contributed by atoms with Crippen molar-refractivity contribution in [2.45, 2.75) is 6.92 Å². The van der Waals surface area contributed by atoms with Gasteiger partial charge in [0.15, 0.2) is 6.61 Å². The first kappa shape index (κ1) is 18.8. The van der Waals surface area contributed by atoms with Gasteiger partial charge in [-0.05, 0) is 58.7 Å². The van der Waals surface area contributed by atoms with E-state index in [4.69, 9.17) is 16.3 Å². The van der Waals surface area contributed by atoms with Crippen LogP contribution in [0.2, 0.25) is 5.02 Å². The zero-order valence-corrected chi connectivity index (χ0v) is 16.4. The predicted molar refractivity (Wildman–Crippen MR) is 101 cm³/mol. The molecule has 0 fully saturated rings. The SMILES string of the molecule is Cc1cc(OCC(=O)N/N=C\c2cc(O)c(Br)cc2Br)ccc1Cl. The number of nitrogens with one attached hydrogen (secondary N) is 1. The standard InChI is InChI=1S/C16H13Br2ClN2O3/c1-9-4-11(2-3-14(9)19)24-8-16(23)21-20-7-10-5-15(22)13(18)6-12(10)17/h2-7,22H,8H2,1H3,(H,21,23)/b20-7-. The lowest BCUT2D eigenvalue weighted by molar-refractivity contribution is -0.123. The number of carbonyl (C=O) groups excluding carboxylic acids is 1. The van der Waals surface area contributed by atoms with Gasteiger partial charge >= 0.3 is 0 Å². The van der Waals surface area contributed by atoms with E-state index < -0.39 is 5.91 Å². The first-order valence-corrected chi connectivity index (χ1v) is 8.72. The minimum Gasteiger partial charge on any atom is -0.507 e. The molecule has 0 spiro atoms. The maximum absolute atomic E-state index is 11.7. The Morgan fingerprint density at radius 2 is 2.08 bits per heavy atom. The molecule has 1 amide bonds. The molecule has 0 saturated carbocycles. The summed E-state index contributed by atoms with van der Waals surface area (Å²) in [7, 11) is 0. The van der Waals surface area contributed by atoms with Crippen LogP contribution in [-0.2, 0) is 4.79 Å². The molecule has 126 valence electrons. The molecule has 0 bridgehead atoms. The van der Waals surface area contributed by atoms with Crippen molar-refractivity contribution in [2.75, 3.05) is 6.61 Å². The fourth-order valence-corrected chi connectivity index (χ4v) is 2.93. The summed E-state index contributed by atoms with van der Waals surface area (Å²) >= 11 is 12.5. The van der Waals surface area contributed by atoms with E-state index in [2.05, 4.69) is 42.4 Å². The van der Waals surface area contributed by atoms with Gasteiger partial charge in [0, 0.05) is 15.1 Å². The molecule has 0 atom stereocenters. The monoisotopic (exact) mass is 474 g/mol. The Morgan fingerprint density at radius 1 is 1.33 bits per heavy atom. The lowest BCUT2D eigenvalue weighted by atomic mass is 10.2. The average molecular weight is 477 g/mol. The van der Waals surface area contributed by atoms with Crippen molar-refractivity contribution in [3.8, 4) is 11.5 Å². The van der Waals surface area contributed by atoms with E-state index in [1.807, 2.05) is 6.92 Å². The molecule has 0 heterocycles. The van der Waals surface area contributed by atoms with Crippen LogP contribution in [0.3, 0.4) is 0 Å². The van der Waals surface area contributed by atoms with Gasteiger partial charge in [-0.3, -0.25) is 4.79 Å². The number of phenolic OH excluding ortho intramolecular Hbond substituents is 1. The Hall–Kier alpha value is -1.57. The molecule has 2 aromatic carbocycles. The third kappa shape index (κ3) is 5.22. The van der Waals surface area contributed by atoms with Gasteiger partial charge in [-0.25, -0.2) is 5.43 Å². The number of aryl methyl sites for hydroxylation is 1. The molecule has 0 aromatic heterocycles. The van der Waals surface area contributed by atoms with E-state index in [0.717, 1.165) is 10.0 Å². The van der Waals surface area contributed by atoms with E-state index in [1.54, 1.807) is 24.3 Å².